The molecule has 24 heavy (non-hydrogen) atoms. The maximum absolute atomic E-state index is 12.5. The third-order valence-electron chi connectivity index (χ3n) is 3.91. The molecule has 0 aliphatic carbocycles. The van der Waals surface area contributed by atoms with E-state index in [0.29, 0.717) is 18.1 Å². The second-order valence-corrected chi connectivity index (χ2v) is 5.99. The van der Waals surface area contributed by atoms with E-state index in [1.807, 2.05) is 38.1 Å². The van der Waals surface area contributed by atoms with Gasteiger partial charge in [0.15, 0.2) is 5.69 Å². The summed E-state index contributed by atoms with van der Waals surface area (Å²) in [5.74, 6) is 1.52. The van der Waals surface area contributed by atoms with E-state index in [2.05, 4.69) is 10.3 Å². The minimum atomic E-state index is -0.289. The van der Waals surface area contributed by atoms with Crippen LogP contribution in [-0.2, 0) is 0 Å². The van der Waals surface area contributed by atoms with Gasteiger partial charge in [-0.3, -0.25) is 4.79 Å². The van der Waals surface area contributed by atoms with Crippen LogP contribution < -0.4 is 10.1 Å². The summed E-state index contributed by atoms with van der Waals surface area (Å²) in [6.45, 7) is 5.74. The second-order valence-electron chi connectivity index (χ2n) is 5.99. The van der Waals surface area contributed by atoms with Gasteiger partial charge in [-0.2, -0.15) is 0 Å². The Morgan fingerprint density at radius 2 is 2.00 bits per heavy atom. The van der Waals surface area contributed by atoms with Gasteiger partial charge in [0.05, 0.1) is 7.11 Å². The molecule has 1 heterocycles. The Kier molecular flexibility index (Phi) is 5.98. The molecule has 6 heteroatoms. The number of methoxy groups -OCH3 is 1. The van der Waals surface area contributed by atoms with Gasteiger partial charge in [-0.05, 0) is 43.5 Å². The van der Waals surface area contributed by atoms with Crippen molar-refractivity contribution in [3.8, 4) is 17.2 Å². The highest BCUT2D eigenvalue weighted by Gasteiger charge is 2.22. The van der Waals surface area contributed by atoms with Crippen LogP contribution in [-0.4, -0.2) is 35.8 Å². The highest BCUT2D eigenvalue weighted by Crippen LogP contribution is 2.24. The molecular weight excluding hydrogens is 308 g/mol. The quantitative estimate of drug-likeness (QED) is 0.814. The normalized spacial score (nSPS) is 12.2. The van der Waals surface area contributed by atoms with Crippen molar-refractivity contribution in [1.82, 2.24) is 10.3 Å². The molecule has 0 saturated heterocycles. The number of amides is 1. The van der Waals surface area contributed by atoms with E-state index in [4.69, 9.17) is 14.3 Å². The van der Waals surface area contributed by atoms with Crippen LogP contribution in [0.3, 0.4) is 0 Å². The van der Waals surface area contributed by atoms with Gasteiger partial charge in [0.2, 0.25) is 5.89 Å². The van der Waals surface area contributed by atoms with Crippen molar-refractivity contribution in [2.75, 3.05) is 13.7 Å². The van der Waals surface area contributed by atoms with Crippen molar-refractivity contribution in [3.63, 3.8) is 0 Å². The highest BCUT2D eigenvalue weighted by molar-refractivity contribution is 5.93. The molecule has 0 spiro atoms. The Bertz CT molecular complexity index is 677. The zero-order chi connectivity index (χ0) is 17.7. The molecule has 0 radical (unpaired) electrons. The van der Waals surface area contributed by atoms with Crippen molar-refractivity contribution in [3.05, 3.63) is 35.7 Å². The molecule has 2 N–H and O–H groups in total. The fraction of sp³-hybridized carbons (Fsp3) is 0.444. The van der Waals surface area contributed by atoms with Crippen LogP contribution in [0.1, 0.15) is 36.5 Å². The third-order valence-corrected chi connectivity index (χ3v) is 3.91. The van der Waals surface area contributed by atoms with Gasteiger partial charge in [-0.15, -0.1) is 0 Å². The molecule has 1 aromatic heterocycles. The zero-order valence-corrected chi connectivity index (χ0v) is 14.5. The van der Waals surface area contributed by atoms with Gasteiger partial charge in [0, 0.05) is 18.2 Å². The molecular formula is C18H24N2O4. The van der Waals surface area contributed by atoms with Crippen LogP contribution in [0.4, 0.5) is 0 Å². The van der Waals surface area contributed by atoms with Gasteiger partial charge in [-0.1, -0.05) is 13.8 Å². The Morgan fingerprint density at radius 1 is 1.33 bits per heavy atom. The van der Waals surface area contributed by atoms with E-state index in [9.17, 15) is 4.79 Å². The summed E-state index contributed by atoms with van der Waals surface area (Å²) >= 11 is 0. The number of aryl methyl sites for hydroxylation is 1. The summed E-state index contributed by atoms with van der Waals surface area (Å²) in [4.78, 5) is 16.8. The van der Waals surface area contributed by atoms with Crippen molar-refractivity contribution in [1.29, 1.82) is 0 Å². The molecule has 2 aromatic rings. The Morgan fingerprint density at radius 3 is 2.54 bits per heavy atom. The van der Waals surface area contributed by atoms with Crippen molar-refractivity contribution < 1.29 is 19.1 Å². The molecule has 0 fully saturated rings. The summed E-state index contributed by atoms with van der Waals surface area (Å²) in [5.41, 5.74) is 1.04. The first kappa shape index (κ1) is 18.0. The maximum atomic E-state index is 12.5. The van der Waals surface area contributed by atoms with Gasteiger partial charge in [0.25, 0.3) is 5.91 Å². The van der Waals surface area contributed by atoms with Crippen LogP contribution in [0.5, 0.6) is 5.75 Å². The number of aromatic nitrogens is 1. The van der Waals surface area contributed by atoms with E-state index < -0.39 is 0 Å². The lowest BCUT2D eigenvalue weighted by Crippen LogP contribution is -2.39. The number of ether oxygens (including phenoxy) is 1. The summed E-state index contributed by atoms with van der Waals surface area (Å²) in [5, 5.41) is 12.0. The number of oxazole rings is 1. The Hall–Kier alpha value is -2.34. The predicted molar refractivity (Wildman–Crippen MR) is 91.0 cm³/mol. The smallest absolute Gasteiger partial charge is 0.273 e. The number of aliphatic hydroxyl groups excluding tert-OH is 1. The minimum Gasteiger partial charge on any atom is -0.497 e. The van der Waals surface area contributed by atoms with E-state index in [1.54, 1.807) is 14.0 Å². The topological polar surface area (TPSA) is 84.6 Å². The van der Waals surface area contributed by atoms with Crippen LogP contribution in [0.15, 0.2) is 28.7 Å². The number of carbonyl (C=O) groups excluding carboxylic acids is 1. The third kappa shape index (κ3) is 4.14. The fourth-order valence-corrected chi connectivity index (χ4v) is 2.41. The first-order valence-corrected chi connectivity index (χ1v) is 7.99. The van der Waals surface area contributed by atoms with Gasteiger partial charge < -0.3 is 19.6 Å². The number of benzene rings is 1. The monoisotopic (exact) mass is 332 g/mol. The summed E-state index contributed by atoms with van der Waals surface area (Å²) < 4.78 is 10.8. The van der Waals surface area contributed by atoms with Gasteiger partial charge in [0.1, 0.15) is 11.5 Å². The summed E-state index contributed by atoms with van der Waals surface area (Å²) in [6.07, 6.45) is 0.506. The molecule has 0 bridgehead atoms. The summed E-state index contributed by atoms with van der Waals surface area (Å²) in [7, 11) is 1.60. The molecule has 6 nitrogen and oxygen atoms in total. The van der Waals surface area contributed by atoms with E-state index in [0.717, 1.165) is 11.3 Å². The van der Waals surface area contributed by atoms with Crippen LogP contribution in [0.25, 0.3) is 11.5 Å². The van der Waals surface area contributed by atoms with Crippen LogP contribution in [0, 0.1) is 12.8 Å². The molecule has 1 aromatic carbocycles. The number of aliphatic hydroxyl groups is 1. The lowest BCUT2D eigenvalue weighted by atomic mass is 10.0. The van der Waals surface area contributed by atoms with Crippen molar-refractivity contribution in [2.24, 2.45) is 5.92 Å². The molecule has 130 valence electrons. The Labute approximate surface area is 141 Å². The summed E-state index contributed by atoms with van der Waals surface area (Å²) in [6, 6.07) is 7.17. The van der Waals surface area contributed by atoms with E-state index in [1.165, 1.54) is 0 Å². The number of hydrogen-bond acceptors (Lipinski definition) is 5. The first-order valence-electron chi connectivity index (χ1n) is 7.99. The van der Waals surface area contributed by atoms with Crippen LogP contribution >= 0.6 is 0 Å². The van der Waals surface area contributed by atoms with Crippen molar-refractivity contribution >= 4 is 5.91 Å². The number of hydrogen-bond donors (Lipinski definition) is 2. The largest absolute Gasteiger partial charge is 0.497 e. The van der Waals surface area contributed by atoms with Gasteiger partial charge in [-0.25, -0.2) is 4.98 Å². The molecule has 0 saturated carbocycles. The first-order chi connectivity index (χ1) is 11.5. The number of nitrogens with one attached hydrogen (secondary N) is 1. The molecule has 1 atom stereocenters. The van der Waals surface area contributed by atoms with Crippen molar-refractivity contribution in [2.45, 2.75) is 33.2 Å². The highest BCUT2D eigenvalue weighted by atomic mass is 16.5. The molecule has 1 unspecified atom stereocenters. The van der Waals surface area contributed by atoms with E-state index in [-0.39, 0.29) is 30.2 Å². The average molecular weight is 332 g/mol. The standard InChI is InChI=1S/C18H24N2O4/c1-11(2)15(9-10-21)19-17(22)16-12(3)24-18(20-16)13-5-7-14(23-4)8-6-13/h5-8,11,15,21H,9-10H2,1-4H3,(H,19,22). The lowest BCUT2D eigenvalue weighted by Gasteiger charge is -2.20. The predicted octanol–water partition coefficient (Wildman–Crippen LogP) is 2.80. The SMILES string of the molecule is COc1ccc(-c2nc(C(=O)NC(CCO)C(C)C)c(C)o2)cc1. The van der Waals surface area contributed by atoms with Gasteiger partial charge >= 0.3 is 0 Å². The number of carbonyl (C=O) groups is 1. The molecule has 0 aliphatic rings. The second kappa shape index (κ2) is 7.97. The molecule has 2 rings (SSSR count). The maximum Gasteiger partial charge on any atom is 0.273 e. The molecule has 1 amide bonds. The zero-order valence-electron chi connectivity index (χ0n) is 14.5. The fourth-order valence-electron chi connectivity index (χ4n) is 2.41. The van der Waals surface area contributed by atoms with Crippen LogP contribution in [0.2, 0.25) is 0 Å². The molecule has 0 aliphatic heterocycles. The number of rotatable bonds is 7. The number of nitrogens with zero attached hydrogens (tertiary/aromatic N) is 1. The lowest BCUT2D eigenvalue weighted by molar-refractivity contribution is 0.0910. The Balaban J connectivity index is 2.19. The van der Waals surface area contributed by atoms with E-state index >= 15 is 0 Å². The minimum absolute atomic E-state index is 0.0258. The average Bonchev–Trinajstić information content (AvgIpc) is 2.96.